The molecule has 0 aliphatic heterocycles. The fourth-order valence-corrected chi connectivity index (χ4v) is 2.52. The molecule has 2 aromatic rings. The van der Waals surface area contributed by atoms with Crippen LogP contribution in [0, 0.1) is 0 Å². The molecule has 0 bridgehead atoms. The number of halogens is 5. The van der Waals surface area contributed by atoms with E-state index in [1.807, 2.05) is 0 Å². The first-order valence-corrected chi connectivity index (χ1v) is 8.06. The molecule has 0 heterocycles. The molecular weight excluding hydrogens is 415 g/mol. The van der Waals surface area contributed by atoms with E-state index in [9.17, 15) is 18.4 Å². The fourth-order valence-electron chi connectivity index (χ4n) is 1.83. The van der Waals surface area contributed by atoms with Crippen molar-refractivity contribution in [1.82, 2.24) is 0 Å². The van der Waals surface area contributed by atoms with E-state index in [4.69, 9.17) is 39.5 Å². The minimum Gasteiger partial charge on any atom is -0.452 e. The van der Waals surface area contributed by atoms with E-state index in [1.165, 1.54) is 36.4 Å². The van der Waals surface area contributed by atoms with Crippen molar-refractivity contribution in [2.45, 2.75) is 6.61 Å². The number of carbonyl (C=O) groups excluding carboxylic acids is 2. The number of hydrogen-bond donors (Lipinski definition) is 1. The Morgan fingerprint density at radius 3 is 2.23 bits per heavy atom. The first-order valence-electron chi connectivity index (χ1n) is 6.93. The molecule has 1 N–H and O–H groups in total. The van der Waals surface area contributed by atoms with Crippen LogP contribution in [0.1, 0.15) is 10.4 Å². The van der Waals surface area contributed by atoms with E-state index in [0.29, 0.717) is 5.69 Å². The summed E-state index contributed by atoms with van der Waals surface area (Å²) < 4.78 is 33.2. The Labute approximate surface area is 161 Å². The fraction of sp³-hybridized carbons (Fsp3) is 0.125. The van der Waals surface area contributed by atoms with Gasteiger partial charge in [-0.05, 0) is 36.4 Å². The Kier molecular flexibility index (Phi) is 7.02. The molecule has 0 saturated heterocycles. The standard InChI is InChI=1S/C16H10Cl3F2NO4/c17-10-5-6-11(18)14(19)13(10)15(24)25-7-12(23)22-8-1-3-9(4-2-8)26-16(20)21/h1-6,16H,7H2,(H,22,23). The van der Waals surface area contributed by atoms with Crippen molar-refractivity contribution >= 4 is 52.4 Å². The summed E-state index contributed by atoms with van der Waals surface area (Å²) >= 11 is 17.6. The third kappa shape index (κ3) is 5.45. The number of ether oxygens (including phenoxy) is 2. The maximum atomic E-state index is 12.1. The number of esters is 1. The summed E-state index contributed by atoms with van der Waals surface area (Å²) in [6, 6.07) is 7.98. The second-order valence-corrected chi connectivity index (χ2v) is 5.94. The topological polar surface area (TPSA) is 64.6 Å². The number of alkyl halides is 2. The number of hydrogen-bond acceptors (Lipinski definition) is 4. The highest BCUT2D eigenvalue weighted by molar-refractivity contribution is 6.46. The molecule has 0 fully saturated rings. The van der Waals surface area contributed by atoms with E-state index in [-0.39, 0.29) is 26.4 Å². The summed E-state index contributed by atoms with van der Waals surface area (Å²) in [6.07, 6.45) is 0. The Bertz CT molecular complexity index is 816. The van der Waals surface area contributed by atoms with Crippen molar-refractivity contribution in [3.63, 3.8) is 0 Å². The number of rotatable bonds is 6. The van der Waals surface area contributed by atoms with Crippen molar-refractivity contribution in [2.75, 3.05) is 11.9 Å². The quantitative estimate of drug-likeness (QED) is 0.521. The van der Waals surface area contributed by atoms with Gasteiger partial charge in [0.2, 0.25) is 0 Å². The molecule has 5 nitrogen and oxygen atoms in total. The van der Waals surface area contributed by atoms with Crippen LogP contribution in [-0.4, -0.2) is 25.1 Å². The van der Waals surface area contributed by atoms with Crippen LogP contribution in [0.5, 0.6) is 5.75 Å². The molecule has 138 valence electrons. The van der Waals surface area contributed by atoms with E-state index >= 15 is 0 Å². The number of nitrogens with one attached hydrogen (secondary N) is 1. The second-order valence-electron chi connectivity index (χ2n) is 4.75. The van der Waals surface area contributed by atoms with Gasteiger partial charge in [0.05, 0.1) is 20.6 Å². The molecule has 0 unspecified atom stereocenters. The lowest BCUT2D eigenvalue weighted by Gasteiger charge is -2.10. The van der Waals surface area contributed by atoms with Gasteiger partial charge in [-0.3, -0.25) is 4.79 Å². The first-order chi connectivity index (χ1) is 12.3. The maximum Gasteiger partial charge on any atom is 0.387 e. The van der Waals surface area contributed by atoms with E-state index in [1.54, 1.807) is 0 Å². The predicted octanol–water partition coefficient (Wildman–Crippen LogP) is 5.04. The van der Waals surface area contributed by atoms with Gasteiger partial charge in [0.25, 0.3) is 5.91 Å². The molecule has 0 radical (unpaired) electrons. The summed E-state index contributed by atoms with van der Waals surface area (Å²) in [5, 5.41) is 2.47. The summed E-state index contributed by atoms with van der Waals surface area (Å²) in [6.45, 7) is -3.56. The van der Waals surface area contributed by atoms with Crippen LogP contribution in [0.2, 0.25) is 15.1 Å². The molecule has 10 heteroatoms. The second kappa shape index (κ2) is 9.02. The lowest BCUT2D eigenvalue weighted by molar-refractivity contribution is -0.119. The summed E-state index contributed by atoms with van der Waals surface area (Å²) in [4.78, 5) is 23.8. The number of carbonyl (C=O) groups is 2. The van der Waals surface area contributed by atoms with Gasteiger partial charge in [-0.25, -0.2) is 4.79 Å². The average molecular weight is 425 g/mol. The molecule has 1 amide bonds. The molecule has 0 aliphatic carbocycles. The summed E-state index contributed by atoms with van der Waals surface area (Å²) in [5.41, 5.74) is 0.147. The van der Waals surface area contributed by atoms with E-state index in [2.05, 4.69) is 10.1 Å². The lowest BCUT2D eigenvalue weighted by atomic mass is 10.2. The zero-order chi connectivity index (χ0) is 19.3. The minimum atomic E-state index is -2.94. The Balaban J connectivity index is 1.93. The van der Waals surface area contributed by atoms with Crippen LogP contribution >= 0.6 is 34.8 Å². The molecule has 2 rings (SSSR count). The normalized spacial score (nSPS) is 10.5. The maximum absolute atomic E-state index is 12.1. The van der Waals surface area contributed by atoms with Crippen molar-refractivity contribution in [1.29, 1.82) is 0 Å². The van der Waals surface area contributed by atoms with Crippen LogP contribution in [0.3, 0.4) is 0 Å². The molecule has 0 aliphatic rings. The van der Waals surface area contributed by atoms with Crippen molar-refractivity contribution in [3.8, 4) is 5.75 Å². The van der Waals surface area contributed by atoms with Crippen LogP contribution in [0.4, 0.5) is 14.5 Å². The average Bonchev–Trinajstić information content (AvgIpc) is 2.58. The monoisotopic (exact) mass is 423 g/mol. The molecule has 0 saturated carbocycles. The Morgan fingerprint density at radius 1 is 1.00 bits per heavy atom. The van der Waals surface area contributed by atoms with Gasteiger partial charge in [0.1, 0.15) is 5.75 Å². The zero-order valence-corrected chi connectivity index (χ0v) is 15.0. The van der Waals surface area contributed by atoms with Gasteiger partial charge in [-0.15, -0.1) is 0 Å². The van der Waals surface area contributed by atoms with Gasteiger partial charge < -0.3 is 14.8 Å². The van der Waals surface area contributed by atoms with Crippen molar-refractivity contribution < 1.29 is 27.8 Å². The minimum absolute atomic E-state index is 0.0272. The molecular formula is C16H10Cl3F2NO4. The highest BCUT2D eigenvalue weighted by Gasteiger charge is 2.19. The number of anilines is 1. The lowest BCUT2D eigenvalue weighted by Crippen LogP contribution is -2.21. The van der Waals surface area contributed by atoms with Gasteiger partial charge in [-0.1, -0.05) is 34.8 Å². The van der Waals surface area contributed by atoms with Crippen LogP contribution < -0.4 is 10.1 Å². The molecule has 0 atom stereocenters. The van der Waals surface area contributed by atoms with Crippen LogP contribution in [0.25, 0.3) is 0 Å². The van der Waals surface area contributed by atoms with Gasteiger partial charge >= 0.3 is 12.6 Å². The van der Waals surface area contributed by atoms with Crippen LogP contribution in [-0.2, 0) is 9.53 Å². The van der Waals surface area contributed by atoms with E-state index < -0.39 is 25.1 Å². The molecule has 2 aromatic carbocycles. The largest absolute Gasteiger partial charge is 0.452 e. The van der Waals surface area contributed by atoms with Gasteiger partial charge in [0.15, 0.2) is 6.61 Å². The molecule has 0 spiro atoms. The number of benzene rings is 2. The number of amides is 1. The third-order valence-electron chi connectivity index (χ3n) is 2.95. The van der Waals surface area contributed by atoms with Crippen molar-refractivity contribution in [3.05, 3.63) is 57.0 Å². The van der Waals surface area contributed by atoms with Crippen molar-refractivity contribution in [2.24, 2.45) is 0 Å². The SMILES string of the molecule is O=C(COC(=O)c1c(Cl)ccc(Cl)c1Cl)Nc1ccc(OC(F)F)cc1. The Morgan fingerprint density at radius 2 is 1.62 bits per heavy atom. The first kappa shape index (κ1) is 20.2. The predicted molar refractivity (Wildman–Crippen MR) is 93.5 cm³/mol. The van der Waals surface area contributed by atoms with Crippen LogP contribution in [0.15, 0.2) is 36.4 Å². The highest BCUT2D eigenvalue weighted by atomic mass is 35.5. The summed E-state index contributed by atoms with van der Waals surface area (Å²) in [5.74, 6) is -1.64. The molecule has 0 aromatic heterocycles. The highest BCUT2D eigenvalue weighted by Crippen LogP contribution is 2.31. The van der Waals surface area contributed by atoms with E-state index in [0.717, 1.165) is 0 Å². The molecule has 26 heavy (non-hydrogen) atoms. The van der Waals surface area contributed by atoms with Gasteiger partial charge in [-0.2, -0.15) is 8.78 Å². The summed E-state index contributed by atoms with van der Waals surface area (Å²) in [7, 11) is 0. The smallest absolute Gasteiger partial charge is 0.387 e. The van der Waals surface area contributed by atoms with Gasteiger partial charge in [0, 0.05) is 5.69 Å². The zero-order valence-electron chi connectivity index (χ0n) is 12.8. The third-order valence-corrected chi connectivity index (χ3v) is 4.06. The Hall–Kier alpha value is -2.09.